The molecule has 3 heteroatoms. The lowest BCUT2D eigenvalue weighted by Gasteiger charge is -2.02. The van der Waals surface area contributed by atoms with Gasteiger partial charge in [0.2, 0.25) is 0 Å². The first-order valence-electron chi connectivity index (χ1n) is 4.04. The largest absolute Gasteiger partial charge is 0.393 e. The molecule has 0 radical (unpaired) electrons. The predicted molar refractivity (Wildman–Crippen MR) is 52.0 cm³/mol. The summed E-state index contributed by atoms with van der Waals surface area (Å²) in [5.41, 5.74) is 1.49. The van der Waals surface area contributed by atoms with E-state index in [1.54, 1.807) is 25.6 Å². The van der Waals surface area contributed by atoms with Crippen LogP contribution in [0.5, 0.6) is 0 Å². The van der Waals surface area contributed by atoms with Gasteiger partial charge >= 0.3 is 0 Å². The highest BCUT2D eigenvalue weighted by molar-refractivity contribution is 6.19. The van der Waals surface area contributed by atoms with Crippen molar-refractivity contribution >= 4 is 11.4 Å². The number of nitrogens with one attached hydrogen (secondary N) is 1. The third-order valence-corrected chi connectivity index (χ3v) is 1.64. The van der Waals surface area contributed by atoms with Gasteiger partial charge < -0.3 is 5.32 Å². The predicted octanol–water partition coefficient (Wildman–Crippen LogP) is 1.23. The van der Waals surface area contributed by atoms with E-state index in [9.17, 15) is 4.79 Å². The molecule has 68 valence electrons. The van der Waals surface area contributed by atoms with E-state index in [0.717, 1.165) is 5.56 Å². The second kappa shape index (κ2) is 4.40. The molecule has 0 aliphatic carbocycles. The zero-order valence-corrected chi connectivity index (χ0v) is 7.74. The number of rotatable bonds is 3. The molecule has 1 rings (SSSR count). The fourth-order valence-electron chi connectivity index (χ4n) is 1.05. The van der Waals surface area contributed by atoms with Gasteiger partial charge in [0.25, 0.3) is 0 Å². The van der Waals surface area contributed by atoms with Crippen molar-refractivity contribution in [3.05, 3.63) is 36.3 Å². The van der Waals surface area contributed by atoms with Crippen LogP contribution in [0, 0.1) is 0 Å². The fraction of sp³-hybridized carbons (Fsp3) is 0.200. The number of aromatic nitrogens is 1. The molecular formula is C10H12N2O. The Morgan fingerprint density at radius 2 is 2.38 bits per heavy atom. The summed E-state index contributed by atoms with van der Waals surface area (Å²) in [6, 6.07) is 3.67. The Kier molecular flexibility index (Phi) is 3.20. The lowest BCUT2D eigenvalue weighted by atomic mass is 10.1. The molecule has 0 aliphatic heterocycles. The molecule has 3 nitrogen and oxygen atoms in total. The van der Waals surface area contributed by atoms with E-state index in [4.69, 9.17) is 0 Å². The Hall–Kier alpha value is -1.64. The minimum absolute atomic E-state index is 0.0300. The zero-order valence-electron chi connectivity index (χ0n) is 7.74. The Morgan fingerprint density at radius 3 is 2.85 bits per heavy atom. The van der Waals surface area contributed by atoms with E-state index >= 15 is 0 Å². The molecule has 1 heterocycles. The average molecular weight is 176 g/mol. The number of pyridine rings is 1. The van der Waals surface area contributed by atoms with Gasteiger partial charge in [0, 0.05) is 36.8 Å². The van der Waals surface area contributed by atoms with Gasteiger partial charge in [-0.15, -0.1) is 0 Å². The number of carbonyl (C=O) groups is 1. The molecule has 0 aromatic carbocycles. The molecule has 0 saturated carbocycles. The highest BCUT2D eigenvalue weighted by Gasteiger charge is 2.05. The molecule has 13 heavy (non-hydrogen) atoms. The fourth-order valence-corrected chi connectivity index (χ4v) is 1.05. The third kappa shape index (κ3) is 2.40. The van der Waals surface area contributed by atoms with Crippen LogP contribution in [0.1, 0.15) is 12.5 Å². The molecule has 0 atom stereocenters. The standard InChI is InChI=1S/C10H12N2O/c1-8(13)10(7-11-2)9-4-3-5-12-6-9/h3-7,11H,1-2H3/b10-7+. The van der Waals surface area contributed by atoms with Crippen LogP contribution in [-0.4, -0.2) is 17.8 Å². The van der Waals surface area contributed by atoms with E-state index in [0.29, 0.717) is 5.57 Å². The quantitative estimate of drug-likeness (QED) is 0.704. The Morgan fingerprint density at radius 1 is 1.62 bits per heavy atom. The van der Waals surface area contributed by atoms with Crippen molar-refractivity contribution in [2.75, 3.05) is 7.05 Å². The van der Waals surface area contributed by atoms with Crippen molar-refractivity contribution in [3.63, 3.8) is 0 Å². The summed E-state index contributed by atoms with van der Waals surface area (Å²) in [4.78, 5) is 15.1. The molecule has 0 saturated heterocycles. The molecule has 0 bridgehead atoms. The summed E-state index contributed by atoms with van der Waals surface area (Å²) in [5, 5.41) is 2.84. The van der Waals surface area contributed by atoms with E-state index in [1.807, 2.05) is 12.1 Å². The SMILES string of the molecule is CN/C=C(\C(C)=O)c1cccnc1. The van der Waals surface area contributed by atoms with Crippen molar-refractivity contribution in [1.82, 2.24) is 10.3 Å². The monoisotopic (exact) mass is 176 g/mol. The van der Waals surface area contributed by atoms with Crippen LogP contribution in [0.4, 0.5) is 0 Å². The van der Waals surface area contributed by atoms with E-state index in [-0.39, 0.29) is 5.78 Å². The lowest BCUT2D eigenvalue weighted by Crippen LogP contribution is -2.02. The Labute approximate surface area is 77.5 Å². The van der Waals surface area contributed by atoms with Crippen LogP contribution in [0.25, 0.3) is 5.57 Å². The van der Waals surface area contributed by atoms with Crippen LogP contribution in [0.15, 0.2) is 30.7 Å². The van der Waals surface area contributed by atoms with Gasteiger partial charge in [-0.1, -0.05) is 6.07 Å². The van der Waals surface area contributed by atoms with Crippen molar-refractivity contribution < 1.29 is 4.79 Å². The van der Waals surface area contributed by atoms with E-state index in [2.05, 4.69) is 10.3 Å². The molecule has 1 aromatic rings. The summed E-state index contributed by atoms with van der Waals surface area (Å²) in [6.07, 6.45) is 5.03. The number of hydrogen-bond donors (Lipinski definition) is 1. The van der Waals surface area contributed by atoms with Crippen LogP contribution in [0.3, 0.4) is 0 Å². The number of hydrogen-bond acceptors (Lipinski definition) is 3. The van der Waals surface area contributed by atoms with Crippen LogP contribution in [-0.2, 0) is 4.79 Å². The summed E-state index contributed by atoms with van der Waals surface area (Å²) in [6.45, 7) is 1.54. The van der Waals surface area contributed by atoms with Crippen LogP contribution in [0.2, 0.25) is 0 Å². The third-order valence-electron chi connectivity index (χ3n) is 1.64. The minimum atomic E-state index is 0.0300. The highest BCUT2D eigenvalue weighted by Crippen LogP contribution is 2.12. The highest BCUT2D eigenvalue weighted by atomic mass is 16.1. The maximum absolute atomic E-state index is 11.2. The number of nitrogens with zero attached hydrogens (tertiary/aromatic N) is 1. The summed E-state index contributed by atoms with van der Waals surface area (Å²) >= 11 is 0. The minimum Gasteiger partial charge on any atom is -0.393 e. The van der Waals surface area contributed by atoms with Gasteiger partial charge in [0.15, 0.2) is 5.78 Å². The molecule has 0 amide bonds. The first kappa shape index (κ1) is 9.45. The van der Waals surface area contributed by atoms with Crippen molar-refractivity contribution in [2.24, 2.45) is 0 Å². The number of carbonyl (C=O) groups excluding carboxylic acids is 1. The average Bonchev–Trinajstić information content (AvgIpc) is 2.15. The molecule has 1 aromatic heterocycles. The van der Waals surface area contributed by atoms with Gasteiger partial charge in [-0.25, -0.2) is 0 Å². The number of Topliss-reactive ketones (excluding diaryl/α,β-unsaturated/α-hetero) is 1. The van der Waals surface area contributed by atoms with Crippen molar-refractivity contribution in [2.45, 2.75) is 6.92 Å². The second-order valence-electron chi connectivity index (χ2n) is 2.64. The smallest absolute Gasteiger partial charge is 0.161 e. The zero-order chi connectivity index (χ0) is 9.68. The first-order chi connectivity index (χ1) is 6.25. The van der Waals surface area contributed by atoms with Gasteiger partial charge in [-0.2, -0.15) is 0 Å². The molecule has 0 fully saturated rings. The topological polar surface area (TPSA) is 42.0 Å². The molecule has 0 unspecified atom stereocenters. The molecule has 1 N–H and O–H groups in total. The van der Waals surface area contributed by atoms with Crippen molar-refractivity contribution in [3.8, 4) is 0 Å². The Bertz CT molecular complexity index is 317. The van der Waals surface area contributed by atoms with Gasteiger partial charge in [0.1, 0.15) is 0 Å². The molecule has 0 spiro atoms. The van der Waals surface area contributed by atoms with Crippen LogP contribution < -0.4 is 5.32 Å². The van der Waals surface area contributed by atoms with Crippen molar-refractivity contribution in [1.29, 1.82) is 0 Å². The molecule has 0 aliphatic rings. The summed E-state index contributed by atoms with van der Waals surface area (Å²) < 4.78 is 0. The number of allylic oxidation sites excluding steroid dienone is 1. The molecular weight excluding hydrogens is 164 g/mol. The lowest BCUT2D eigenvalue weighted by molar-refractivity contribution is -0.111. The first-order valence-corrected chi connectivity index (χ1v) is 4.04. The maximum atomic E-state index is 11.2. The van der Waals surface area contributed by atoms with E-state index in [1.165, 1.54) is 6.92 Å². The summed E-state index contributed by atoms with van der Waals surface area (Å²) in [7, 11) is 1.76. The van der Waals surface area contributed by atoms with Gasteiger partial charge in [-0.05, 0) is 13.0 Å². The normalized spacial score (nSPS) is 11.1. The van der Waals surface area contributed by atoms with Crippen LogP contribution >= 0.6 is 0 Å². The second-order valence-corrected chi connectivity index (χ2v) is 2.64. The van der Waals surface area contributed by atoms with Gasteiger partial charge in [0.05, 0.1) is 0 Å². The maximum Gasteiger partial charge on any atom is 0.161 e. The number of ketones is 1. The van der Waals surface area contributed by atoms with Gasteiger partial charge in [-0.3, -0.25) is 9.78 Å². The summed E-state index contributed by atoms with van der Waals surface area (Å²) in [5.74, 6) is 0.0300. The Balaban J connectivity index is 3.03. The van der Waals surface area contributed by atoms with E-state index < -0.39 is 0 Å².